The Morgan fingerprint density at radius 1 is 0.917 bits per heavy atom. The Morgan fingerprint density at radius 2 is 1.08 bits per heavy atom. The molecule has 12 heavy (non-hydrogen) atoms. The standard InChI is InChI=1S/C4H10N2.BrH.H3O4P/c1-2-6-4-3-5-1;;1-5(2,3)4/h5-6H,1-4H2;1H;(H3,1,2,3,4). The maximum atomic E-state index is 8.88. The Kier molecular flexibility index (Phi) is 10.2. The zero-order chi connectivity index (χ0) is 8.74. The van der Waals surface area contributed by atoms with Crippen molar-refractivity contribution in [2.45, 2.75) is 0 Å². The van der Waals surface area contributed by atoms with Gasteiger partial charge in [0.15, 0.2) is 0 Å². The fraction of sp³-hybridized carbons (Fsp3) is 1.00. The van der Waals surface area contributed by atoms with Crippen molar-refractivity contribution < 1.29 is 19.2 Å². The molecule has 8 heteroatoms. The molecule has 0 saturated carbocycles. The van der Waals surface area contributed by atoms with E-state index in [1.54, 1.807) is 0 Å². The van der Waals surface area contributed by atoms with Gasteiger partial charge in [-0.2, -0.15) is 0 Å². The van der Waals surface area contributed by atoms with Gasteiger partial charge in [-0.1, -0.05) is 0 Å². The molecule has 0 aromatic rings. The summed E-state index contributed by atoms with van der Waals surface area (Å²) in [6.07, 6.45) is 0. The van der Waals surface area contributed by atoms with Crippen molar-refractivity contribution in [1.82, 2.24) is 10.6 Å². The molecule has 1 rings (SSSR count). The average Bonchev–Trinajstić information content (AvgIpc) is 1.88. The topological polar surface area (TPSA) is 102 Å². The molecule has 5 N–H and O–H groups in total. The van der Waals surface area contributed by atoms with Crippen LogP contribution >= 0.6 is 24.8 Å². The van der Waals surface area contributed by atoms with Gasteiger partial charge in [-0.15, -0.1) is 17.0 Å². The number of hydrogen-bond donors (Lipinski definition) is 5. The first-order valence-electron chi connectivity index (χ1n) is 3.20. The van der Waals surface area contributed by atoms with Crippen LogP contribution in [0.2, 0.25) is 0 Å². The van der Waals surface area contributed by atoms with Crippen LogP contribution in [-0.4, -0.2) is 40.9 Å². The first-order valence-corrected chi connectivity index (χ1v) is 4.76. The monoisotopic (exact) mass is 264 g/mol. The molecule has 76 valence electrons. The maximum Gasteiger partial charge on any atom is 0.466 e. The fourth-order valence-electron chi connectivity index (χ4n) is 0.604. The lowest BCUT2D eigenvalue weighted by atomic mass is 10.4. The van der Waals surface area contributed by atoms with Crippen molar-refractivity contribution in [2.75, 3.05) is 26.2 Å². The van der Waals surface area contributed by atoms with Crippen molar-refractivity contribution in [2.24, 2.45) is 0 Å². The summed E-state index contributed by atoms with van der Waals surface area (Å²) in [5, 5.41) is 6.44. The Balaban J connectivity index is 0. The van der Waals surface area contributed by atoms with Crippen LogP contribution in [0.5, 0.6) is 0 Å². The highest BCUT2D eigenvalue weighted by molar-refractivity contribution is 8.93. The molecule has 1 heterocycles. The molecular weight excluding hydrogens is 251 g/mol. The van der Waals surface area contributed by atoms with Crippen LogP contribution in [0.3, 0.4) is 0 Å². The number of rotatable bonds is 0. The maximum absolute atomic E-state index is 8.88. The fourth-order valence-corrected chi connectivity index (χ4v) is 0.604. The zero-order valence-corrected chi connectivity index (χ0v) is 9.04. The molecule has 0 unspecified atom stereocenters. The quantitative estimate of drug-likeness (QED) is 0.354. The first kappa shape index (κ1) is 15.0. The van der Waals surface area contributed by atoms with Gasteiger partial charge in [0, 0.05) is 26.2 Å². The summed E-state index contributed by atoms with van der Waals surface area (Å²) in [6.45, 7) is 4.56. The minimum atomic E-state index is -4.64. The van der Waals surface area contributed by atoms with E-state index in [9.17, 15) is 0 Å². The van der Waals surface area contributed by atoms with Crippen LogP contribution in [-0.2, 0) is 4.57 Å². The van der Waals surface area contributed by atoms with E-state index >= 15 is 0 Å². The smallest absolute Gasteiger partial charge is 0.314 e. The third-order valence-electron chi connectivity index (χ3n) is 0.957. The molecule has 0 aliphatic carbocycles. The third-order valence-corrected chi connectivity index (χ3v) is 0.957. The van der Waals surface area contributed by atoms with Crippen molar-refractivity contribution in [1.29, 1.82) is 0 Å². The minimum absolute atomic E-state index is 0. The second kappa shape index (κ2) is 8.12. The predicted molar refractivity (Wildman–Crippen MR) is 50.3 cm³/mol. The van der Waals surface area contributed by atoms with Crippen LogP contribution in [0.1, 0.15) is 0 Å². The minimum Gasteiger partial charge on any atom is -0.314 e. The van der Waals surface area contributed by atoms with Crippen molar-refractivity contribution >= 4 is 24.8 Å². The third kappa shape index (κ3) is 22.4. The molecule has 0 atom stereocenters. The molecule has 1 saturated heterocycles. The summed E-state index contributed by atoms with van der Waals surface area (Å²) >= 11 is 0. The van der Waals surface area contributed by atoms with Gasteiger partial charge >= 0.3 is 7.82 Å². The van der Waals surface area contributed by atoms with E-state index in [1.807, 2.05) is 0 Å². The summed E-state index contributed by atoms with van der Waals surface area (Å²) < 4.78 is 8.88. The number of piperazine rings is 1. The first-order chi connectivity index (χ1) is 5.00. The van der Waals surface area contributed by atoms with E-state index < -0.39 is 7.82 Å². The molecular formula is C4H14BrN2O4P. The predicted octanol–water partition coefficient (Wildman–Crippen LogP) is -1.17. The molecule has 0 bridgehead atoms. The summed E-state index contributed by atoms with van der Waals surface area (Å²) in [5.74, 6) is 0. The lowest BCUT2D eigenvalue weighted by Crippen LogP contribution is -2.39. The Hall–Kier alpha value is 0.510. The molecule has 0 aromatic carbocycles. The van der Waals surface area contributed by atoms with E-state index in [4.69, 9.17) is 19.2 Å². The molecule has 1 fully saturated rings. The highest BCUT2D eigenvalue weighted by atomic mass is 79.9. The Morgan fingerprint density at radius 3 is 1.17 bits per heavy atom. The second-order valence-electron chi connectivity index (χ2n) is 2.01. The molecule has 6 nitrogen and oxygen atoms in total. The second-order valence-corrected chi connectivity index (χ2v) is 3.04. The largest absolute Gasteiger partial charge is 0.466 e. The number of hydrogen-bond acceptors (Lipinski definition) is 3. The highest BCUT2D eigenvalue weighted by Gasteiger charge is 2.00. The van der Waals surface area contributed by atoms with Crippen LogP contribution < -0.4 is 10.6 Å². The van der Waals surface area contributed by atoms with Crippen molar-refractivity contribution in [3.8, 4) is 0 Å². The van der Waals surface area contributed by atoms with Gasteiger partial charge in [0.25, 0.3) is 0 Å². The Bertz CT molecular complexity index is 117. The van der Waals surface area contributed by atoms with Gasteiger partial charge in [-0.05, 0) is 0 Å². The Labute approximate surface area is 81.4 Å². The van der Waals surface area contributed by atoms with Gasteiger partial charge in [0.05, 0.1) is 0 Å². The van der Waals surface area contributed by atoms with Crippen LogP contribution in [0.15, 0.2) is 0 Å². The van der Waals surface area contributed by atoms with E-state index in [0.717, 1.165) is 26.2 Å². The van der Waals surface area contributed by atoms with Gasteiger partial charge < -0.3 is 25.3 Å². The molecule has 0 radical (unpaired) electrons. The van der Waals surface area contributed by atoms with Gasteiger partial charge in [-0.3, -0.25) is 0 Å². The lowest BCUT2D eigenvalue weighted by molar-refractivity contribution is 0.275. The van der Waals surface area contributed by atoms with Gasteiger partial charge in [0.2, 0.25) is 0 Å². The molecule has 0 spiro atoms. The van der Waals surface area contributed by atoms with E-state index in [0.29, 0.717) is 0 Å². The number of nitrogens with one attached hydrogen (secondary N) is 2. The van der Waals surface area contributed by atoms with Crippen molar-refractivity contribution in [3.63, 3.8) is 0 Å². The van der Waals surface area contributed by atoms with Crippen LogP contribution in [0, 0.1) is 0 Å². The SMILES string of the molecule is Br.C1CNCCN1.O=P(O)(O)O. The summed E-state index contributed by atoms with van der Waals surface area (Å²) in [5.41, 5.74) is 0. The normalized spacial score (nSPS) is 16.9. The van der Waals surface area contributed by atoms with Crippen molar-refractivity contribution in [3.05, 3.63) is 0 Å². The zero-order valence-electron chi connectivity index (χ0n) is 6.43. The summed E-state index contributed by atoms with van der Waals surface area (Å²) in [6, 6.07) is 0. The van der Waals surface area contributed by atoms with E-state index in [-0.39, 0.29) is 17.0 Å². The average molecular weight is 265 g/mol. The van der Waals surface area contributed by atoms with Gasteiger partial charge in [0.1, 0.15) is 0 Å². The number of halogens is 1. The molecule has 0 aromatic heterocycles. The van der Waals surface area contributed by atoms with Crippen LogP contribution in [0.25, 0.3) is 0 Å². The molecule has 0 amide bonds. The highest BCUT2D eigenvalue weighted by Crippen LogP contribution is 2.25. The molecule has 1 aliphatic heterocycles. The summed E-state index contributed by atoms with van der Waals surface area (Å²) in [7, 11) is -4.64. The van der Waals surface area contributed by atoms with E-state index in [1.165, 1.54) is 0 Å². The number of phosphoric acid groups is 1. The van der Waals surface area contributed by atoms with E-state index in [2.05, 4.69) is 10.6 Å². The summed E-state index contributed by atoms with van der Waals surface area (Å²) in [4.78, 5) is 21.6. The van der Waals surface area contributed by atoms with Crippen LogP contribution in [0.4, 0.5) is 0 Å². The lowest BCUT2D eigenvalue weighted by Gasteiger charge is -2.11. The van der Waals surface area contributed by atoms with Gasteiger partial charge in [-0.25, -0.2) is 4.57 Å². The molecule has 1 aliphatic rings.